The van der Waals surface area contributed by atoms with Crippen molar-refractivity contribution in [3.05, 3.63) is 17.0 Å². The number of hydrogen-bond donors (Lipinski definition) is 0. The molecule has 0 atom stereocenters. The van der Waals surface area contributed by atoms with Crippen LogP contribution in [0.15, 0.2) is 0 Å². The number of rotatable bonds is 2. The summed E-state index contributed by atoms with van der Waals surface area (Å²) in [5.41, 5.74) is 2.58. The topological polar surface area (TPSA) is 38.1 Å². The second kappa shape index (κ2) is 5.43. The van der Waals surface area contributed by atoms with E-state index in [-0.39, 0.29) is 5.91 Å². The third-order valence-corrected chi connectivity index (χ3v) is 4.76. The van der Waals surface area contributed by atoms with Crippen molar-refractivity contribution in [3.8, 4) is 0 Å². The molecule has 0 saturated carbocycles. The van der Waals surface area contributed by atoms with Gasteiger partial charge in [0.05, 0.1) is 11.3 Å². The number of amides is 1. The fourth-order valence-electron chi connectivity index (χ4n) is 2.53. The molecule has 0 spiro atoms. The van der Waals surface area contributed by atoms with Crippen LogP contribution >= 0.6 is 15.9 Å². The van der Waals surface area contributed by atoms with Gasteiger partial charge in [0.1, 0.15) is 0 Å². The van der Waals surface area contributed by atoms with E-state index in [1.807, 2.05) is 25.8 Å². The first-order valence-electron chi connectivity index (χ1n) is 6.40. The monoisotopic (exact) mass is 313 g/mol. The standard InChI is InChI=1S/C13H20BrN3O/c1-9-12(10(2)16(3)15-9)13(18)17-6-4-11(8-14)5-7-17/h11H,4-8H2,1-3H3. The average molecular weight is 314 g/mol. The lowest BCUT2D eigenvalue weighted by Gasteiger charge is -2.31. The number of hydrogen-bond acceptors (Lipinski definition) is 2. The molecule has 100 valence electrons. The number of piperidine rings is 1. The second-order valence-corrected chi connectivity index (χ2v) is 5.71. The summed E-state index contributed by atoms with van der Waals surface area (Å²) in [7, 11) is 1.89. The van der Waals surface area contributed by atoms with Crippen LogP contribution in [0.3, 0.4) is 0 Å². The lowest BCUT2D eigenvalue weighted by atomic mass is 9.98. The van der Waals surface area contributed by atoms with Gasteiger partial charge in [0.15, 0.2) is 0 Å². The van der Waals surface area contributed by atoms with Gasteiger partial charge in [-0.3, -0.25) is 9.48 Å². The minimum absolute atomic E-state index is 0.145. The molecule has 1 aliphatic heterocycles. The Morgan fingerprint density at radius 3 is 2.44 bits per heavy atom. The first-order valence-corrected chi connectivity index (χ1v) is 7.52. The van der Waals surface area contributed by atoms with Crippen molar-refractivity contribution in [1.29, 1.82) is 0 Å². The summed E-state index contributed by atoms with van der Waals surface area (Å²) in [5, 5.41) is 5.36. The molecule has 1 fully saturated rings. The zero-order valence-corrected chi connectivity index (χ0v) is 12.8. The van der Waals surface area contributed by atoms with Crippen LogP contribution in [-0.2, 0) is 7.05 Å². The summed E-state index contributed by atoms with van der Waals surface area (Å²) in [6, 6.07) is 0. The quantitative estimate of drug-likeness (QED) is 0.786. The zero-order valence-electron chi connectivity index (χ0n) is 11.2. The molecule has 4 nitrogen and oxygen atoms in total. The van der Waals surface area contributed by atoms with E-state index in [2.05, 4.69) is 21.0 Å². The molecule has 1 aromatic heterocycles. The minimum atomic E-state index is 0.145. The van der Waals surface area contributed by atoms with Gasteiger partial charge >= 0.3 is 0 Å². The molecule has 5 heteroatoms. The first kappa shape index (κ1) is 13.6. The van der Waals surface area contributed by atoms with Crippen molar-refractivity contribution in [3.63, 3.8) is 0 Å². The van der Waals surface area contributed by atoms with E-state index in [0.29, 0.717) is 5.92 Å². The van der Waals surface area contributed by atoms with Crippen LogP contribution in [-0.4, -0.2) is 39.0 Å². The lowest BCUT2D eigenvalue weighted by molar-refractivity contribution is 0.0697. The van der Waals surface area contributed by atoms with Crippen LogP contribution in [0.1, 0.15) is 34.6 Å². The minimum Gasteiger partial charge on any atom is -0.339 e. The molecule has 2 rings (SSSR count). The highest BCUT2D eigenvalue weighted by molar-refractivity contribution is 9.09. The summed E-state index contributed by atoms with van der Waals surface area (Å²) in [6.07, 6.45) is 2.19. The Morgan fingerprint density at radius 2 is 2.00 bits per heavy atom. The molecule has 18 heavy (non-hydrogen) atoms. The second-order valence-electron chi connectivity index (χ2n) is 5.06. The SMILES string of the molecule is Cc1nn(C)c(C)c1C(=O)N1CCC(CBr)CC1. The van der Waals surface area contributed by atoms with Gasteiger partial charge in [-0.25, -0.2) is 0 Å². The normalized spacial score (nSPS) is 17.2. The Kier molecular flexibility index (Phi) is 4.10. The van der Waals surface area contributed by atoms with Crippen molar-refractivity contribution in [2.75, 3.05) is 18.4 Å². The van der Waals surface area contributed by atoms with Crippen LogP contribution in [0, 0.1) is 19.8 Å². The van der Waals surface area contributed by atoms with E-state index >= 15 is 0 Å². The molecule has 0 N–H and O–H groups in total. The molecule has 1 aromatic rings. The fourth-order valence-corrected chi connectivity index (χ4v) is 3.18. The lowest BCUT2D eigenvalue weighted by Crippen LogP contribution is -2.39. The van der Waals surface area contributed by atoms with Gasteiger partial charge in [-0.15, -0.1) is 0 Å². The molecule has 0 aliphatic carbocycles. The number of aryl methyl sites for hydroxylation is 2. The maximum Gasteiger partial charge on any atom is 0.257 e. The highest BCUT2D eigenvalue weighted by Crippen LogP contribution is 2.22. The Labute approximate surface area is 116 Å². The number of aromatic nitrogens is 2. The van der Waals surface area contributed by atoms with E-state index in [4.69, 9.17) is 0 Å². The molecular formula is C13H20BrN3O. The molecule has 1 aliphatic rings. The van der Waals surface area contributed by atoms with Gasteiger partial charge < -0.3 is 4.90 Å². The van der Waals surface area contributed by atoms with E-state index in [1.165, 1.54) is 0 Å². The third-order valence-electron chi connectivity index (χ3n) is 3.84. The zero-order chi connectivity index (χ0) is 13.3. The van der Waals surface area contributed by atoms with E-state index < -0.39 is 0 Å². The van der Waals surface area contributed by atoms with Gasteiger partial charge in [0, 0.05) is 31.2 Å². The van der Waals surface area contributed by atoms with E-state index in [9.17, 15) is 4.79 Å². The van der Waals surface area contributed by atoms with Gasteiger partial charge in [0.2, 0.25) is 0 Å². The van der Waals surface area contributed by atoms with E-state index in [0.717, 1.165) is 48.2 Å². The predicted octanol–water partition coefficient (Wildman–Crippen LogP) is 2.28. The Bertz CT molecular complexity index is 447. The van der Waals surface area contributed by atoms with Crippen molar-refractivity contribution in [2.45, 2.75) is 26.7 Å². The molecule has 0 unspecified atom stereocenters. The number of carbonyl (C=O) groups excluding carboxylic acids is 1. The van der Waals surface area contributed by atoms with Crippen LogP contribution in [0.4, 0.5) is 0 Å². The molecule has 0 bridgehead atoms. The van der Waals surface area contributed by atoms with Gasteiger partial charge in [-0.1, -0.05) is 15.9 Å². The van der Waals surface area contributed by atoms with E-state index in [1.54, 1.807) is 4.68 Å². The fraction of sp³-hybridized carbons (Fsp3) is 0.692. The van der Waals surface area contributed by atoms with Gasteiger partial charge in [-0.05, 0) is 32.6 Å². The molecule has 0 radical (unpaired) electrons. The predicted molar refractivity (Wildman–Crippen MR) is 75.1 cm³/mol. The summed E-state index contributed by atoms with van der Waals surface area (Å²) >= 11 is 3.52. The molecule has 2 heterocycles. The average Bonchev–Trinajstić information content (AvgIpc) is 2.63. The maximum absolute atomic E-state index is 12.5. The largest absolute Gasteiger partial charge is 0.339 e. The van der Waals surface area contributed by atoms with Crippen LogP contribution in [0.2, 0.25) is 0 Å². The highest BCUT2D eigenvalue weighted by atomic mass is 79.9. The Morgan fingerprint density at radius 1 is 1.39 bits per heavy atom. The molecule has 0 aromatic carbocycles. The summed E-state index contributed by atoms with van der Waals surface area (Å²) in [5.74, 6) is 0.858. The molecular weight excluding hydrogens is 294 g/mol. The first-order chi connectivity index (χ1) is 8.54. The highest BCUT2D eigenvalue weighted by Gasteiger charge is 2.26. The smallest absolute Gasteiger partial charge is 0.257 e. The van der Waals surface area contributed by atoms with Crippen molar-refractivity contribution >= 4 is 21.8 Å². The number of nitrogens with zero attached hydrogens (tertiary/aromatic N) is 3. The summed E-state index contributed by atoms with van der Waals surface area (Å²) in [4.78, 5) is 14.5. The Hall–Kier alpha value is -0.840. The number of alkyl halides is 1. The number of carbonyl (C=O) groups is 1. The van der Waals surface area contributed by atoms with Crippen molar-refractivity contribution < 1.29 is 4.79 Å². The number of likely N-dealkylation sites (tertiary alicyclic amines) is 1. The van der Waals surface area contributed by atoms with Crippen LogP contribution in [0.25, 0.3) is 0 Å². The summed E-state index contributed by atoms with van der Waals surface area (Å²) in [6.45, 7) is 5.59. The molecule has 1 saturated heterocycles. The Balaban J connectivity index is 2.13. The van der Waals surface area contributed by atoms with Gasteiger partial charge in [-0.2, -0.15) is 5.10 Å². The van der Waals surface area contributed by atoms with Crippen molar-refractivity contribution in [1.82, 2.24) is 14.7 Å². The number of halogens is 1. The molecule has 1 amide bonds. The summed E-state index contributed by atoms with van der Waals surface area (Å²) < 4.78 is 1.79. The maximum atomic E-state index is 12.5. The van der Waals surface area contributed by atoms with Gasteiger partial charge in [0.25, 0.3) is 5.91 Å². The van der Waals surface area contributed by atoms with Crippen molar-refractivity contribution in [2.24, 2.45) is 13.0 Å². The van der Waals surface area contributed by atoms with Crippen LogP contribution < -0.4 is 0 Å². The van der Waals surface area contributed by atoms with Crippen LogP contribution in [0.5, 0.6) is 0 Å². The third kappa shape index (κ3) is 2.46.